The van der Waals surface area contributed by atoms with Crippen molar-refractivity contribution in [3.8, 4) is 0 Å². The number of carbonyl (C=O) groups excluding carboxylic acids is 2. The van der Waals surface area contributed by atoms with Crippen LogP contribution in [-0.2, 0) is 0 Å². The van der Waals surface area contributed by atoms with Gasteiger partial charge in [0.2, 0.25) is 0 Å². The Balaban J connectivity index is 1.40. The van der Waals surface area contributed by atoms with Crippen molar-refractivity contribution in [1.29, 1.82) is 0 Å². The molecule has 0 bridgehead atoms. The molecule has 148 valence electrons. The second kappa shape index (κ2) is 8.45. The van der Waals surface area contributed by atoms with Gasteiger partial charge in [0, 0.05) is 36.9 Å². The Morgan fingerprint density at radius 1 is 0.897 bits per heavy atom. The molecule has 0 atom stereocenters. The third-order valence-electron chi connectivity index (χ3n) is 4.83. The molecule has 2 aromatic carbocycles. The van der Waals surface area contributed by atoms with Crippen molar-refractivity contribution in [3.05, 3.63) is 65.4 Å². The molecule has 1 fully saturated rings. The molecule has 1 saturated heterocycles. The van der Waals surface area contributed by atoms with Crippen LogP contribution in [0.2, 0.25) is 5.02 Å². The predicted molar refractivity (Wildman–Crippen MR) is 112 cm³/mol. The molecule has 3 amide bonds. The predicted octanol–water partition coefficient (Wildman–Crippen LogP) is 3.66. The van der Waals surface area contributed by atoms with Gasteiger partial charge in [-0.1, -0.05) is 23.7 Å². The van der Waals surface area contributed by atoms with Crippen LogP contribution in [0, 0.1) is 0 Å². The summed E-state index contributed by atoms with van der Waals surface area (Å²) in [7, 11) is 0. The molecule has 1 N–H and O–H groups in total. The van der Waals surface area contributed by atoms with Gasteiger partial charge in [-0.25, -0.2) is 9.78 Å². The molecule has 8 heteroatoms. The molecule has 0 aliphatic carbocycles. The fraction of sp³-hybridized carbons (Fsp3) is 0.238. The molecule has 0 saturated carbocycles. The summed E-state index contributed by atoms with van der Waals surface area (Å²) in [6, 6.07) is 14.2. The van der Waals surface area contributed by atoms with E-state index in [0.717, 1.165) is 5.52 Å². The Bertz CT molecular complexity index is 1040. The summed E-state index contributed by atoms with van der Waals surface area (Å²) in [6.07, 6.45) is 2.21. The fourth-order valence-electron chi connectivity index (χ4n) is 3.28. The van der Waals surface area contributed by atoms with Crippen LogP contribution >= 0.6 is 11.6 Å². The van der Waals surface area contributed by atoms with Crippen LogP contribution in [0.15, 0.2) is 54.7 Å². The number of hydrogen-bond donors (Lipinski definition) is 1. The van der Waals surface area contributed by atoms with E-state index in [0.29, 0.717) is 54.5 Å². The number of para-hydroxylation sites is 2. The van der Waals surface area contributed by atoms with Crippen LogP contribution in [0.5, 0.6) is 0 Å². The zero-order valence-corrected chi connectivity index (χ0v) is 16.5. The summed E-state index contributed by atoms with van der Waals surface area (Å²) < 4.78 is 0. The Labute approximate surface area is 173 Å². The highest BCUT2D eigenvalue weighted by molar-refractivity contribution is 6.30. The second-order valence-corrected chi connectivity index (χ2v) is 7.25. The largest absolute Gasteiger partial charge is 0.335 e. The number of halogens is 1. The van der Waals surface area contributed by atoms with Gasteiger partial charge in [0.25, 0.3) is 5.91 Å². The van der Waals surface area contributed by atoms with E-state index >= 15 is 0 Å². The third kappa shape index (κ3) is 4.46. The van der Waals surface area contributed by atoms with Crippen molar-refractivity contribution in [2.75, 3.05) is 31.5 Å². The summed E-state index contributed by atoms with van der Waals surface area (Å²) in [5.74, 6) is -0.164. The van der Waals surface area contributed by atoms with Crippen LogP contribution in [0.4, 0.5) is 10.5 Å². The minimum Gasteiger partial charge on any atom is -0.335 e. The number of nitrogens with one attached hydrogen (secondary N) is 1. The molecular formula is C21H20ClN5O2. The average Bonchev–Trinajstić information content (AvgIpc) is 3.01. The highest BCUT2D eigenvalue weighted by Gasteiger charge is 2.24. The van der Waals surface area contributed by atoms with Crippen molar-refractivity contribution in [2.45, 2.75) is 6.42 Å². The number of urea groups is 1. The van der Waals surface area contributed by atoms with E-state index in [-0.39, 0.29) is 11.9 Å². The Hall–Kier alpha value is -3.19. The first-order valence-electron chi connectivity index (χ1n) is 9.43. The molecule has 0 unspecified atom stereocenters. The number of anilines is 1. The molecule has 7 nitrogen and oxygen atoms in total. The molecule has 0 radical (unpaired) electrons. The fourth-order valence-corrected chi connectivity index (χ4v) is 3.41. The van der Waals surface area contributed by atoms with Crippen molar-refractivity contribution >= 4 is 40.3 Å². The number of rotatable bonds is 2. The number of aromatic nitrogens is 2. The van der Waals surface area contributed by atoms with Crippen LogP contribution in [0.1, 0.15) is 16.9 Å². The summed E-state index contributed by atoms with van der Waals surface area (Å²) in [4.78, 5) is 37.7. The highest BCUT2D eigenvalue weighted by Crippen LogP contribution is 2.15. The van der Waals surface area contributed by atoms with E-state index in [1.807, 2.05) is 24.3 Å². The molecular weight excluding hydrogens is 390 g/mol. The molecule has 29 heavy (non-hydrogen) atoms. The topological polar surface area (TPSA) is 78.4 Å². The molecule has 1 aliphatic heterocycles. The maximum absolute atomic E-state index is 12.9. The number of nitrogens with zero attached hydrogens (tertiary/aromatic N) is 4. The lowest BCUT2D eigenvalue weighted by molar-refractivity contribution is 0.0757. The molecule has 1 aromatic heterocycles. The van der Waals surface area contributed by atoms with Crippen molar-refractivity contribution < 1.29 is 9.59 Å². The van der Waals surface area contributed by atoms with Gasteiger partial charge in [-0.3, -0.25) is 9.78 Å². The molecule has 1 aliphatic rings. The van der Waals surface area contributed by atoms with Crippen molar-refractivity contribution in [2.24, 2.45) is 0 Å². The molecule has 3 aromatic rings. The van der Waals surface area contributed by atoms with E-state index in [1.165, 1.54) is 6.20 Å². The standard InChI is InChI=1S/C21H20ClN5O2/c22-15-6-8-16(9-7-15)24-21(29)27-11-3-10-26(12-13-27)20(28)19-14-23-17-4-1-2-5-18(17)25-19/h1-2,4-9,14H,3,10-13H2,(H,24,29). The van der Waals surface area contributed by atoms with Crippen molar-refractivity contribution in [3.63, 3.8) is 0 Å². The molecule has 0 spiro atoms. The summed E-state index contributed by atoms with van der Waals surface area (Å²) >= 11 is 5.88. The van der Waals surface area contributed by atoms with Gasteiger partial charge in [-0.15, -0.1) is 0 Å². The SMILES string of the molecule is O=C(Nc1ccc(Cl)cc1)N1CCCN(C(=O)c2cnc3ccccc3n2)CC1. The third-order valence-corrected chi connectivity index (χ3v) is 5.09. The van der Waals surface area contributed by atoms with E-state index in [1.54, 1.807) is 34.1 Å². The van der Waals surface area contributed by atoms with Crippen LogP contribution in [0.25, 0.3) is 11.0 Å². The lowest BCUT2D eigenvalue weighted by atomic mass is 10.2. The minimum atomic E-state index is -0.188. The van der Waals surface area contributed by atoms with Crippen LogP contribution in [0.3, 0.4) is 0 Å². The average molecular weight is 410 g/mol. The minimum absolute atomic E-state index is 0.164. The lowest BCUT2D eigenvalue weighted by Gasteiger charge is -2.22. The van der Waals surface area contributed by atoms with Gasteiger partial charge in [-0.05, 0) is 42.8 Å². The van der Waals surface area contributed by atoms with E-state index in [9.17, 15) is 9.59 Å². The summed E-state index contributed by atoms with van der Waals surface area (Å²) in [5.41, 5.74) is 2.45. The summed E-state index contributed by atoms with van der Waals surface area (Å²) in [6.45, 7) is 2.04. The smallest absolute Gasteiger partial charge is 0.321 e. The Morgan fingerprint density at radius 2 is 1.59 bits per heavy atom. The first-order valence-corrected chi connectivity index (χ1v) is 9.80. The first kappa shape index (κ1) is 19.1. The quantitative estimate of drug-likeness (QED) is 0.700. The van der Waals surface area contributed by atoms with Gasteiger partial charge in [-0.2, -0.15) is 0 Å². The van der Waals surface area contributed by atoms with Gasteiger partial charge in [0.1, 0.15) is 5.69 Å². The number of carbonyl (C=O) groups is 2. The van der Waals surface area contributed by atoms with E-state index in [2.05, 4.69) is 15.3 Å². The number of hydrogen-bond acceptors (Lipinski definition) is 4. The highest BCUT2D eigenvalue weighted by atomic mass is 35.5. The van der Waals surface area contributed by atoms with E-state index < -0.39 is 0 Å². The second-order valence-electron chi connectivity index (χ2n) is 6.81. The summed E-state index contributed by atoms with van der Waals surface area (Å²) in [5, 5.41) is 3.48. The number of benzene rings is 2. The maximum Gasteiger partial charge on any atom is 0.321 e. The van der Waals surface area contributed by atoms with E-state index in [4.69, 9.17) is 11.6 Å². The number of amides is 3. The monoisotopic (exact) mass is 409 g/mol. The number of fused-ring (bicyclic) bond motifs is 1. The first-order chi connectivity index (χ1) is 14.1. The maximum atomic E-state index is 12.9. The van der Waals surface area contributed by atoms with Gasteiger partial charge in [0.05, 0.1) is 17.2 Å². The normalized spacial score (nSPS) is 14.5. The van der Waals surface area contributed by atoms with Crippen molar-refractivity contribution in [1.82, 2.24) is 19.8 Å². The zero-order valence-electron chi connectivity index (χ0n) is 15.7. The van der Waals surface area contributed by atoms with Gasteiger partial charge >= 0.3 is 6.03 Å². The Morgan fingerprint density at radius 3 is 2.38 bits per heavy atom. The Kier molecular flexibility index (Phi) is 5.57. The van der Waals surface area contributed by atoms with Gasteiger partial charge < -0.3 is 15.1 Å². The molecule has 2 heterocycles. The van der Waals surface area contributed by atoms with Crippen LogP contribution in [-0.4, -0.2) is 57.9 Å². The van der Waals surface area contributed by atoms with Gasteiger partial charge in [0.15, 0.2) is 0 Å². The zero-order chi connectivity index (χ0) is 20.2. The lowest BCUT2D eigenvalue weighted by Crippen LogP contribution is -2.39. The molecule has 4 rings (SSSR count). The van der Waals surface area contributed by atoms with Crippen LogP contribution < -0.4 is 5.32 Å².